The molecular formula is C18H23N3O4. The normalized spacial score (nSPS) is 10.5. The second-order valence-electron chi connectivity index (χ2n) is 5.84. The van der Waals surface area contributed by atoms with Gasteiger partial charge in [0, 0.05) is 25.7 Å². The number of rotatable bonds is 8. The van der Waals surface area contributed by atoms with Crippen LogP contribution in [0, 0.1) is 13.8 Å². The molecule has 0 bridgehead atoms. The van der Waals surface area contributed by atoms with Gasteiger partial charge in [-0.15, -0.1) is 0 Å². The van der Waals surface area contributed by atoms with Crippen LogP contribution in [-0.2, 0) is 18.4 Å². The van der Waals surface area contributed by atoms with Gasteiger partial charge in [0.15, 0.2) is 0 Å². The first-order chi connectivity index (χ1) is 11.9. The topological polar surface area (TPSA) is 93.5 Å². The van der Waals surface area contributed by atoms with Crippen LogP contribution in [0.25, 0.3) is 0 Å². The van der Waals surface area contributed by atoms with Gasteiger partial charge in [-0.3, -0.25) is 14.3 Å². The molecule has 2 rings (SSSR count). The Hall–Kier alpha value is -2.83. The summed E-state index contributed by atoms with van der Waals surface area (Å²) < 4.78 is 7.17. The van der Waals surface area contributed by atoms with Crippen molar-refractivity contribution in [2.24, 2.45) is 7.05 Å². The number of amides is 1. The van der Waals surface area contributed by atoms with E-state index in [0.29, 0.717) is 36.6 Å². The number of benzene rings is 1. The largest absolute Gasteiger partial charge is 0.494 e. The average Bonchev–Trinajstić information content (AvgIpc) is 2.83. The minimum absolute atomic E-state index is 0.0945. The highest BCUT2D eigenvalue weighted by Gasteiger charge is 2.16. The number of carbonyl (C=O) groups excluding carboxylic acids is 1. The van der Waals surface area contributed by atoms with Crippen molar-refractivity contribution in [1.29, 1.82) is 0 Å². The Morgan fingerprint density at radius 3 is 2.48 bits per heavy atom. The first-order valence-electron chi connectivity index (χ1n) is 8.10. The third kappa shape index (κ3) is 5.07. The monoisotopic (exact) mass is 345 g/mol. The van der Waals surface area contributed by atoms with E-state index >= 15 is 0 Å². The van der Waals surface area contributed by atoms with Gasteiger partial charge in [-0.2, -0.15) is 5.10 Å². The number of carboxylic acids is 1. The average molecular weight is 345 g/mol. The van der Waals surface area contributed by atoms with Gasteiger partial charge < -0.3 is 15.2 Å². The Kier molecular flexibility index (Phi) is 6.16. The molecule has 1 aromatic carbocycles. The molecule has 0 unspecified atom stereocenters. The zero-order valence-electron chi connectivity index (χ0n) is 14.7. The summed E-state index contributed by atoms with van der Waals surface area (Å²) in [6.45, 7) is 4.46. The number of nitrogens with zero attached hydrogens (tertiary/aromatic N) is 2. The molecule has 0 aliphatic carbocycles. The fourth-order valence-corrected chi connectivity index (χ4v) is 2.49. The van der Waals surface area contributed by atoms with E-state index in [2.05, 4.69) is 10.4 Å². The van der Waals surface area contributed by atoms with Crippen molar-refractivity contribution in [2.45, 2.75) is 33.2 Å². The minimum Gasteiger partial charge on any atom is -0.494 e. The van der Waals surface area contributed by atoms with Crippen LogP contribution in [0.4, 0.5) is 0 Å². The van der Waals surface area contributed by atoms with Crippen molar-refractivity contribution in [3.63, 3.8) is 0 Å². The zero-order chi connectivity index (χ0) is 18.4. The highest BCUT2D eigenvalue weighted by atomic mass is 16.5. The van der Waals surface area contributed by atoms with E-state index in [1.165, 1.54) is 0 Å². The summed E-state index contributed by atoms with van der Waals surface area (Å²) in [5, 5.41) is 15.7. The molecule has 0 radical (unpaired) electrons. The first kappa shape index (κ1) is 18.5. The molecular weight excluding hydrogens is 322 g/mol. The lowest BCUT2D eigenvalue weighted by molar-refractivity contribution is -0.137. The number of aliphatic carboxylic acids is 1. The maximum atomic E-state index is 12.3. The number of carbonyl (C=O) groups is 2. The molecule has 0 aliphatic rings. The second-order valence-corrected chi connectivity index (χ2v) is 5.84. The standard InChI is InChI=1S/C18H23N3O4/c1-12-17(13(2)21(3)20-12)18(24)19-11-14-6-8-15(9-7-14)25-10-4-5-16(22)23/h6-9H,4-5,10-11H2,1-3H3,(H,19,24)(H,22,23). The molecule has 25 heavy (non-hydrogen) atoms. The van der Waals surface area contributed by atoms with E-state index in [1.807, 2.05) is 45.2 Å². The number of hydrogen-bond donors (Lipinski definition) is 2. The van der Waals surface area contributed by atoms with Crippen molar-refractivity contribution < 1.29 is 19.4 Å². The summed E-state index contributed by atoms with van der Waals surface area (Å²) in [6.07, 6.45) is 0.564. The fraction of sp³-hybridized carbons (Fsp3) is 0.389. The van der Waals surface area contributed by atoms with E-state index in [9.17, 15) is 9.59 Å². The molecule has 0 spiro atoms. The predicted molar refractivity (Wildman–Crippen MR) is 92.7 cm³/mol. The van der Waals surface area contributed by atoms with Crippen LogP contribution in [0.5, 0.6) is 5.75 Å². The second kappa shape index (κ2) is 8.32. The number of ether oxygens (including phenoxy) is 1. The van der Waals surface area contributed by atoms with E-state index in [-0.39, 0.29) is 12.3 Å². The number of aromatic nitrogens is 2. The van der Waals surface area contributed by atoms with Crippen molar-refractivity contribution in [2.75, 3.05) is 6.61 Å². The minimum atomic E-state index is -0.825. The molecule has 7 heteroatoms. The third-order valence-electron chi connectivity index (χ3n) is 3.92. The Balaban J connectivity index is 1.85. The summed E-state index contributed by atoms with van der Waals surface area (Å²) in [6, 6.07) is 7.36. The van der Waals surface area contributed by atoms with Gasteiger partial charge in [-0.1, -0.05) is 12.1 Å². The molecule has 0 saturated heterocycles. The Bertz CT molecular complexity index is 750. The van der Waals surface area contributed by atoms with Crippen LogP contribution in [0.3, 0.4) is 0 Å². The number of aryl methyl sites for hydroxylation is 2. The summed E-state index contributed by atoms with van der Waals surface area (Å²) in [7, 11) is 1.81. The lowest BCUT2D eigenvalue weighted by Gasteiger charge is -2.08. The molecule has 1 heterocycles. The molecule has 0 fully saturated rings. The molecule has 1 amide bonds. The molecule has 0 atom stereocenters. The van der Waals surface area contributed by atoms with Gasteiger partial charge in [0.2, 0.25) is 0 Å². The van der Waals surface area contributed by atoms with Gasteiger partial charge in [0.25, 0.3) is 5.91 Å². The number of hydrogen-bond acceptors (Lipinski definition) is 4. The molecule has 0 aliphatic heterocycles. The Morgan fingerprint density at radius 2 is 1.92 bits per heavy atom. The van der Waals surface area contributed by atoms with Crippen LogP contribution < -0.4 is 10.1 Å². The molecule has 2 aromatic rings. The first-order valence-corrected chi connectivity index (χ1v) is 8.10. The number of carboxylic acid groups (broad SMARTS) is 1. The Morgan fingerprint density at radius 1 is 1.24 bits per heavy atom. The van der Waals surface area contributed by atoms with Crippen molar-refractivity contribution in [3.05, 3.63) is 46.8 Å². The SMILES string of the molecule is Cc1nn(C)c(C)c1C(=O)NCc1ccc(OCCCC(=O)O)cc1. The summed E-state index contributed by atoms with van der Waals surface area (Å²) in [4.78, 5) is 22.8. The molecule has 0 saturated carbocycles. The summed E-state index contributed by atoms with van der Waals surface area (Å²) in [5.74, 6) is -0.287. The van der Waals surface area contributed by atoms with Crippen LogP contribution in [0.2, 0.25) is 0 Å². The van der Waals surface area contributed by atoms with Crippen molar-refractivity contribution in [1.82, 2.24) is 15.1 Å². The van der Waals surface area contributed by atoms with Crippen LogP contribution in [0.1, 0.15) is 40.2 Å². The van der Waals surface area contributed by atoms with Crippen LogP contribution >= 0.6 is 0 Å². The summed E-state index contributed by atoms with van der Waals surface area (Å²) >= 11 is 0. The lowest BCUT2D eigenvalue weighted by Crippen LogP contribution is -2.24. The van der Waals surface area contributed by atoms with Gasteiger partial charge in [-0.25, -0.2) is 0 Å². The predicted octanol–water partition coefficient (Wildman–Crippen LogP) is 2.21. The van der Waals surface area contributed by atoms with Gasteiger partial charge >= 0.3 is 5.97 Å². The van der Waals surface area contributed by atoms with Crippen LogP contribution in [0.15, 0.2) is 24.3 Å². The van der Waals surface area contributed by atoms with Crippen LogP contribution in [-0.4, -0.2) is 33.4 Å². The fourth-order valence-electron chi connectivity index (χ4n) is 2.49. The maximum Gasteiger partial charge on any atom is 0.303 e. The van der Waals surface area contributed by atoms with Gasteiger partial charge in [0.05, 0.1) is 17.9 Å². The van der Waals surface area contributed by atoms with E-state index in [4.69, 9.17) is 9.84 Å². The zero-order valence-corrected chi connectivity index (χ0v) is 14.7. The highest BCUT2D eigenvalue weighted by molar-refractivity contribution is 5.96. The quantitative estimate of drug-likeness (QED) is 0.716. The molecule has 1 aromatic heterocycles. The maximum absolute atomic E-state index is 12.3. The van der Waals surface area contributed by atoms with E-state index in [1.54, 1.807) is 4.68 Å². The smallest absolute Gasteiger partial charge is 0.303 e. The highest BCUT2D eigenvalue weighted by Crippen LogP contribution is 2.14. The lowest BCUT2D eigenvalue weighted by atomic mass is 10.1. The Labute approximate surface area is 146 Å². The summed E-state index contributed by atoms with van der Waals surface area (Å²) in [5.41, 5.74) is 3.11. The van der Waals surface area contributed by atoms with Crippen molar-refractivity contribution >= 4 is 11.9 Å². The van der Waals surface area contributed by atoms with Crippen molar-refractivity contribution in [3.8, 4) is 5.75 Å². The van der Waals surface area contributed by atoms with Gasteiger partial charge in [-0.05, 0) is 38.0 Å². The van der Waals surface area contributed by atoms with Gasteiger partial charge in [0.1, 0.15) is 5.75 Å². The number of nitrogens with one attached hydrogen (secondary N) is 1. The molecule has 134 valence electrons. The molecule has 2 N–H and O–H groups in total. The molecule has 7 nitrogen and oxygen atoms in total. The van der Waals surface area contributed by atoms with E-state index < -0.39 is 5.97 Å². The third-order valence-corrected chi connectivity index (χ3v) is 3.92. The van der Waals surface area contributed by atoms with E-state index in [0.717, 1.165) is 11.3 Å².